The topological polar surface area (TPSA) is 50.5 Å². The van der Waals surface area contributed by atoms with Crippen LogP contribution in [0.3, 0.4) is 0 Å². The summed E-state index contributed by atoms with van der Waals surface area (Å²) in [5.41, 5.74) is 4.74. The van der Waals surface area contributed by atoms with E-state index < -0.39 is 6.04 Å². The van der Waals surface area contributed by atoms with Crippen molar-refractivity contribution in [2.45, 2.75) is 33.2 Å². The van der Waals surface area contributed by atoms with Gasteiger partial charge < -0.3 is 9.32 Å². The quantitative estimate of drug-likeness (QED) is 0.623. The van der Waals surface area contributed by atoms with Crippen LogP contribution in [-0.4, -0.2) is 17.4 Å². The summed E-state index contributed by atoms with van der Waals surface area (Å²) < 4.78 is 6.01. The molecule has 1 aromatic heterocycles. The monoisotopic (exact) mass is 373 g/mol. The molecule has 3 aromatic rings. The summed E-state index contributed by atoms with van der Waals surface area (Å²) in [5.74, 6) is -0.119. The lowest BCUT2D eigenvalue weighted by atomic mass is 9.96. The molecule has 4 rings (SSSR count). The molecular formula is C24H23NO3. The Balaban J connectivity index is 2.01. The minimum absolute atomic E-state index is 0.127. The van der Waals surface area contributed by atoms with Crippen LogP contribution in [-0.2, 0) is 6.42 Å². The molecule has 2 heterocycles. The third kappa shape index (κ3) is 2.68. The van der Waals surface area contributed by atoms with E-state index in [-0.39, 0.29) is 17.1 Å². The Bertz CT molecular complexity index is 1160. The van der Waals surface area contributed by atoms with Gasteiger partial charge in [0.05, 0.1) is 17.0 Å². The third-order valence-corrected chi connectivity index (χ3v) is 5.44. The van der Waals surface area contributed by atoms with Crippen LogP contribution in [0.2, 0.25) is 0 Å². The molecule has 4 heteroatoms. The first-order chi connectivity index (χ1) is 13.5. The molecule has 1 unspecified atom stereocenters. The van der Waals surface area contributed by atoms with E-state index in [4.69, 9.17) is 4.42 Å². The van der Waals surface area contributed by atoms with E-state index in [1.165, 1.54) is 5.56 Å². The van der Waals surface area contributed by atoms with Gasteiger partial charge in [0, 0.05) is 6.54 Å². The summed E-state index contributed by atoms with van der Waals surface area (Å²) in [5, 5.41) is 0.549. The van der Waals surface area contributed by atoms with Crippen LogP contribution < -0.4 is 5.43 Å². The highest BCUT2D eigenvalue weighted by atomic mass is 16.3. The van der Waals surface area contributed by atoms with E-state index in [1.54, 1.807) is 11.0 Å². The van der Waals surface area contributed by atoms with Crippen molar-refractivity contribution >= 4 is 16.9 Å². The van der Waals surface area contributed by atoms with Gasteiger partial charge in [-0.1, -0.05) is 43.3 Å². The van der Waals surface area contributed by atoms with Crippen molar-refractivity contribution in [1.29, 1.82) is 0 Å². The Kier molecular flexibility index (Phi) is 4.42. The average molecular weight is 373 g/mol. The summed E-state index contributed by atoms with van der Waals surface area (Å²) in [7, 11) is 0. The number of rotatable bonds is 4. The van der Waals surface area contributed by atoms with Crippen molar-refractivity contribution in [3.8, 4) is 0 Å². The number of carbonyl (C=O) groups excluding carboxylic acids is 1. The Morgan fingerprint density at radius 1 is 1.14 bits per heavy atom. The summed E-state index contributed by atoms with van der Waals surface area (Å²) in [6, 6.07) is 11.4. The molecule has 1 amide bonds. The van der Waals surface area contributed by atoms with E-state index in [0.717, 1.165) is 23.1 Å². The lowest BCUT2D eigenvalue weighted by Crippen LogP contribution is -2.29. The highest BCUT2D eigenvalue weighted by Crippen LogP contribution is 2.38. The lowest BCUT2D eigenvalue weighted by molar-refractivity contribution is 0.0748. The highest BCUT2D eigenvalue weighted by molar-refractivity contribution is 5.99. The Hall–Kier alpha value is -3.14. The second kappa shape index (κ2) is 6.79. The molecule has 0 radical (unpaired) electrons. The average Bonchev–Trinajstić information content (AvgIpc) is 2.94. The maximum absolute atomic E-state index is 13.5. The largest absolute Gasteiger partial charge is 0.450 e. The van der Waals surface area contributed by atoms with Crippen LogP contribution in [0.5, 0.6) is 0 Å². The molecule has 1 aliphatic rings. The smallest absolute Gasteiger partial charge is 0.291 e. The van der Waals surface area contributed by atoms with Gasteiger partial charge in [0.25, 0.3) is 5.91 Å². The minimum Gasteiger partial charge on any atom is -0.450 e. The fraction of sp³-hybridized carbons (Fsp3) is 0.250. The second-order valence-electron chi connectivity index (χ2n) is 7.37. The number of hydrogen-bond acceptors (Lipinski definition) is 3. The minimum atomic E-state index is -0.465. The van der Waals surface area contributed by atoms with Crippen LogP contribution in [0.15, 0.2) is 58.3 Å². The van der Waals surface area contributed by atoms with Crippen molar-refractivity contribution in [2.75, 3.05) is 6.54 Å². The number of nitrogens with zero attached hydrogens (tertiary/aromatic N) is 1. The number of fused-ring (bicyclic) bond motifs is 2. The van der Waals surface area contributed by atoms with Gasteiger partial charge in [0.1, 0.15) is 5.58 Å². The van der Waals surface area contributed by atoms with Crippen LogP contribution in [0.25, 0.3) is 11.0 Å². The Morgan fingerprint density at radius 3 is 2.50 bits per heavy atom. The van der Waals surface area contributed by atoms with E-state index in [1.807, 2.05) is 50.2 Å². The molecule has 1 aliphatic heterocycles. The van der Waals surface area contributed by atoms with Crippen molar-refractivity contribution in [3.63, 3.8) is 0 Å². The lowest BCUT2D eigenvalue weighted by Gasteiger charge is -2.24. The molecule has 0 saturated heterocycles. The van der Waals surface area contributed by atoms with E-state index in [2.05, 4.69) is 13.5 Å². The van der Waals surface area contributed by atoms with Gasteiger partial charge in [-0.05, 0) is 48.6 Å². The number of hydrogen-bond donors (Lipinski definition) is 0. The first-order valence-corrected chi connectivity index (χ1v) is 9.55. The standard InChI is InChI=1S/C24H23NO3/c1-5-11-25-21(17-9-7-16(6-2)8-10-17)20-22(26)19-15(4)12-14(3)13-18(19)28-23(20)24(25)27/h5,7-10,12-13,21H,1,6,11H2,2-4H3. The van der Waals surface area contributed by atoms with Crippen molar-refractivity contribution in [2.24, 2.45) is 0 Å². The maximum Gasteiger partial charge on any atom is 0.291 e. The molecule has 142 valence electrons. The van der Waals surface area contributed by atoms with E-state index in [0.29, 0.717) is 23.1 Å². The molecular weight excluding hydrogens is 350 g/mol. The summed E-state index contributed by atoms with van der Waals surface area (Å²) in [6.07, 6.45) is 2.61. The predicted molar refractivity (Wildman–Crippen MR) is 111 cm³/mol. The zero-order valence-corrected chi connectivity index (χ0v) is 16.4. The summed E-state index contributed by atoms with van der Waals surface area (Å²) in [4.78, 5) is 28.3. The molecule has 0 saturated carbocycles. The van der Waals surface area contributed by atoms with Crippen LogP contribution in [0.4, 0.5) is 0 Å². The van der Waals surface area contributed by atoms with Crippen molar-refractivity contribution in [3.05, 3.63) is 92.9 Å². The molecule has 0 N–H and O–H groups in total. The zero-order valence-electron chi connectivity index (χ0n) is 16.4. The SMILES string of the molecule is C=CCN1C(=O)c2oc3cc(C)cc(C)c3c(=O)c2C1c1ccc(CC)cc1. The molecule has 0 fully saturated rings. The van der Waals surface area contributed by atoms with Gasteiger partial charge in [0.15, 0.2) is 5.43 Å². The molecule has 4 nitrogen and oxygen atoms in total. The second-order valence-corrected chi connectivity index (χ2v) is 7.37. The van der Waals surface area contributed by atoms with Crippen LogP contribution >= 0.6 is 0 Å². The molecule has 0 bridgehead atoms. The van der Waals surface area contributed by atoms with Crippen LogP contribution in [0, 0.1) is 13.8 Å². The predicted octanol–water partition coefficient (Wildman–Crippen LogP) is 4.70. The first kappa shape index (κ1) is 18.2. The third-order valence-electron chi connectivity index (χ3n) is 5.44. The molecule has 2 aromatic carbocycles. The highest BCUT2D eigenvalue weighted by Gasteiger charge is 2.42. The zero-order chi connectivity index (χ0) is 20.0. The van der Waals surface area contributed by atoms with Crippen LogP contribution in [0.1, 0.15) is 51.3 Å². The molecule has 0 aliphatic carbocycles. The normalized spacial score (nSPS) is 15.9. The van der Waals surface area contributed by atoms with Crippen molar-refractivity contribution in [1.82, 2.24) is 4.90 Å². The maximum atomic E-state index is 13.5. The van der Waals surface area contributed by atoms with Gasteiger partial charge in [-0.3, -0.25) is 9.59 Å². The number of aryl methyl sites for hydroxylation is 3. The molecule has 0 spiro atoms. The van der Waals surface area contributed by atoms with E-state index >= 15 is 0 Å². The Morgan fingerprint density at radius 2 is 1.86 bits per heavy atom. The fourth-order valence-electron chi connectivity index (χ4n) is 4.12. The first-order valence-electron chi connectivity index (χ1n) is 9.55. The van der Waals surface area contributed by atoms with Gasteiger partial charge in [-0.25, -0.2) is 0 Å². The number of carbonyl (C=O) groups is 1. The summed E-state index contributed by atoms with van der Waals surface area (Å²) in [6.45, 7) is 10.1. The van der Waals surface area contributed by atoms with Gasteiger partial charge in [-0.2, -0.15) is 0 Å². The summed E-state index contributed by atoms with van der Waals surface area (Å²) >= 11 is 0. The molecule has 28 heavy (non-hydrogen) atoms. The van der Waals surface area contributed by atoms with Gasteiger partial charge in [0.2, 0.25) is 5.76 Å². The van der Waals surface area contributed by atoms with Gasteiger partial charge in [-0.15, -0.1) is 6.58 Å². The molecule has 1 atom stereocenters. The number of amides is 1. The number of benzene rings is 2. The van der Waals surface area contributed by atoms with Crippen molar-refractivity contribution < 1.29 is 9.21 Å². The Labute approximate surface area is 164 Å². The van der Waals surface area contributed by atoms with Gasteiger partial charge >= 0.3 is 0 Å². The fourth-order valence-corrected chi connectivity index (χ4v) is 4.12. The van der Waals surface area contributed by atoms with E-state index in [9.17, 15) is 9.59 Å².